The van der Waals surface area contributed by atoms with Gasteiger partial charge in [0.2, 0.25) is 5.88 Å². The molecular formula is C14H10F3NO4. The average Bonchev–Trinajstić information content (AvgIpc) is 2.45. The molecule has 0 unspecified atom stereocenters. The van der Waals surface area contributed by atoms with Gasteiger partial charge in [0.05, 0.1) is 7.11 Å². The molecule has 116 valence electrons. The van der Waals surface area contributed by atoms with Gasteiger partial charge < -0.3 is 14.6 Å². The number of pyridine rings is 1. The predicted octanol–water partition coefficient (Wildman–Crippen LogP) is 3.35. The van der Waals surface area contributed by atoms with Gasteiger partial charge in [0.25, 0.3) is 0 Å². The smallest absolute Gasteiger partial charge is 0.480 e. The summed E-state index contributed by atoms with van der Waals surface area (Å²) in [5, 5.41) is 9.07. The summed E-state index contributed by atoms with van der Waals surface area (Å²) in [6.45, 7) is 0. The largest absolute Gasteiger partial charge is 0.573 e. The molecule has 0 saturated heterocycles. The highest BCUT2D eigenvalue weighted by Gasteiger charge is 2.31. The van der Waals surface area contributed by atoms with Crippen molar-refractivity contribution in [3.05, 3.63) is 42.1 Å². The van der Waals surface area contributed by atoms with Gasteiger partial charge in [0.1, 0.15) is 11.3 Å². The first-order chi connectivity index (χ1) is 10.3. The van der Waals surface area contributed by atoms with Gasteiger partial charge >= 0.3 is 12.3 Å². The summed E-state index contributed by atoms with van der Waals surface area (Å²) in [5.74, 6) is -1.63. The third-order valence-corrected chi connectivity index (χ3v) is 2.70. The number of nitrogens with zero attached hydrogens (tertiary/aromatic N) is 1. The third kappa shape index (κ3) is 3.66. The molecule has 0 atom stereocenters. The number of carboxylic acids is 1. The number of alkyl halides is 3. The summed E-state index contributed by atoms with van der Waals surface area (Å²) in [6.07, 6.45) is -3.40. The van der Waals surface area contributed by atoms with Gasteiger partial charge in [-0.3, -0.25) is 0 Å². The number of halogens is 3. The van der Waals surface area contributed by atoms with E-state index in [1.54, 1.807) is 0 Å². The highest BCUT2D eigenvalue weighted by molar-refractivity contribution is 5.91. The number of hydrogen-bond donors (Lipinski definition) is 1. The molecule has 1 aromatic heterocycles. The van der Waals surface area contributed by atoms with Crippen LogP contribution in [0.4, 0.5) is 13.2 Å². The number of aromatic nitrogens is 1. The summed E-state index contributed by atoms with van der Waals surface area (Å²) in [4.78, 5) is 15.0. The van der Waals surface area contributed by atoms with E-state index in [1.165, 1.54) is 31.5 Å². The van der Waals surface area contributed by atoms with Crippen LogP contribution in [0.15, 0.2) is 36.5 Å². The summed E-state index contributed by atoms with van der Waals surface area (Å²) in [7, 11) is 1.29. The molecule has 0 spiro atoms. The molecule has 0 radical (unpaired) electrons. The lowest BCUT2D eigenvalue weighted by molar-refractivity contribution is -0.274. The van der Waals surface area contributed by atoms with Gasteiger partial charge in [-0.25, -0.2) is 9.78 Å². The van der Waals surface area contributed by atoms with Crippen molar-refractivity contribution < 1.29 is 32.5 Å². The molecule has 0 aliphatic heterocycles. The second kappa shape index (κ2) is 5.92. The number of carbonyl (C=O) groups is 1. The first kappa shape index (κ1) is 15.6. The van der Waals surface area contributed by atoms with Crippen LogP contribution in [0.1, 0.15) is 10.4 Å². The zero-order valence-electron chi connectivity index (χ0n) is 11.2. The van der Waals surface area contributed by atoms with Gasteiger partial charge in [0.15, 0.2) is 0 Å². The zero-order chi connectivity index (χ0) is 16.3. The van der Waals surface area contributed by atoms with Crippen molar-refractivity contribution in [2.45, 2.75) is 6.36 Å². The van der Waals surface area contributed by atoms with E-state index in [4.69, 9.17) is 9.84 Å². The fraction of sp³-hybridized carbons (Fsp3) is 0.143. The first-order valence-corrected chi connectivity index (χ1v) is 5.93. The molecule has 1 aromatic carbocycles. The lowest BCUT2D eigenvalue weighted by Crippen LogP contribution is -2.16. The number of ether oxygens (including phenoxy) is 2. The maximum absolute atomic E-state index is 12.1. The molecule has 2 rings (SSSR count). The molecule has 0 aliphatic rings. The van der Waals surface area contributed by atoms with Crippen LogP contribution in [0.2, 0.25) is 0 Å². The van der Waals surface area contributed by atoms with Crippen LogP contribution in [0, 0.1) is 0 Å². The van der Waals surface area contributed by atoms with Crippen LogP contribution < -0.4 is 9.47 Å². The van der Waals surface area contributed by atoms with E-state index in [-0.39, 0.29) is 17.2 Å². The van der Waals surface area contributed by atoms with Crippen molar-refractivity contribution in [2.24, 2.45) is 0 Å². The first-order valence-electron chi connectivity index (χ1n) is 5.93. The lowest BCUT2D eigenvalue weighted by Gasteiger charge is -2.10. The Balaban J connectivity index is 2.32. The second-order valence-electron chi connectivity index (χ2n) is 4.16. The van der Waals surface area contributed by atoms with E-state index >= 15 is 0 Å². The molecule has 5 nitrogen and oxygen atoms in total. The molecule has 0 fully saturated rings. The molecule has 8 heteroatoms. The van der Waals surface area contributed by atoms with Gasteiger partial charge in [-0.15, -0.1) is 13.2 Å². The van der Waals surface area contributed by atoms with E-state index in [1.807, 2.05) is 0 Å². The molecule has 0 saturated carbocycles. The Morgan fingerprint density at radius 1 is 1.18 bits per heavy atom. The quantitative estimate of drug-likeness (QED) is 0.937. The Morgan fingerprint density at radius 2 is 1.82 bits per heavy atom. The molecular weight excluding hydrogens is 303 g/mol. The number of rotatable bonds is 4. The highest BCUT2D eigenvalue weighted by atomic mass is 19.4. The van der Waals surface area contributed by atoms with Crippen LogP contribution in [-0.2, 0) is 0 Å². The van der Waals surface area contributed by atoms with E-state index in [2.05, 4.69) is 9.72 Å². The molecule has 0 aliphatic carbocycles. The Labute approximate surface area is 122 Å². The van der Waals surface area contributed by atoms with Gasteiger partial charge in [-0.1, -0.05) is 12.1 Å². The summed E-state index contributed by atoms with van der Waals surface area (Å²) < 4.78 is 44.8. The van der Waals surface area contributed by atoms with E-state index in [0.717, 1.165) is 12.1 Å². The molecule has 1 N–H and O–H groups in total. The van der Waals surface area contributed by atoms with Crippen LogP contribution in [0.5, 0.6) is 11.6 Å². The summed E-state index contributed by atoms with van der Waals surface area (Å²) in [5.41, 5.74) is 0.777. The zero-order valence-corrected chi connectivity index (χ0v) is 11.2. The number of methoxy groups -OCH3 is 1. The maximum atomic E-state index is 12.1. The van der Waals surface area contributed by atoms with Crippen molar-refractivity contribution in [3.63, 3.8) is 0 Å². The van der Waals surface area contributed by atoms with Crippen molar-refractivity contribution in [1.82, 2.24) is 4.98 Å². The highest BCUT2D eigenvalue weighted by Crippen LogP contribution is 2.28. The molecule has 2 aromatic rings. The molecule has 0 amide bonds. The van der Waals surface area contributed by atoms with Crippen molar-refractivity contribution >= 4 is 5.97 Å². The standard InChI is InChI=1S/C14H10F3NO4/c1-21-12-11(13(19)20)6-9(7-18-12)8-2-4-10(5-3-8)22-14(15,16)17/h2-7H,1H3,(H,19,20). The minimum atomic E-state index is -4.76. The number of hydrogen-bond acceptors (Lipinski definition) is 4. The minimum Gasteiger partial charge on any atom is -0.480 e. The fourth-order valence-corrected chi connectivity index (χ4v) is 1.78. The normalized spacial score (nSPS) is 11.1. The van der Waals surface area contributed by atoms with E-state index < -0.39 is 12.3 Å². The molecule has 0 bridgehead atoms. The minimum absolute atomic E-state index is 0.0479. The maximum Gasteiger partial charge on any atom is 0.573 e. The number of carboxylic acid groups (broad SMARTS) is 1. The SMILES string of the molecule is COc1ncc(-c2ccc(OC(F)(F)F)cc2)cc1C(=O)O. The van der Waals surface area contributed by atoms with Gasteiger partial charge in [-0.05, 0) is 23.8 Å². The Hall–Kier alpha value is -2.77. The van der Waals surface area contributed by atoms with Gasteiger partial charge in [0, 0.05) is 11.8 Å². The van der Waals surface area contributed by atoms with Crippen molar-refractivity contribution in [2.75, 3.05) is 7.11 Å². The number of benzene rings is 1. The average molecular weight is 313 g/mol. The fourth-order valence-electron chi connectivity index (χ4n) is 1.78. The predicted molar refractivity (Wildman–Crippen MR) is 69.9 cm³/mol. The third-order valence-electron chi connectivity index (χ3n) is 2.70. The van der Waals surface area contributed by atoms with E-state index in [9.17, 15) is 18.0 Å². The van der Waals surface area contributed by atoms with Crippen molar-refractivity contribution in [3.8, 4) is 22.8 Å². The summed E-state index contributed by atoms with van der Waals surface area (Å²) >= 11 is 0. The van der Waals surface area contributed by atoms with Crippen molar-refractivity contribution in [1.29, 1.82) is 0 Å². The van der Waals surface area contributed by atoms with E-state index in [0.29, 0.717) is 11.1 Å². The summed E-state index contributed by atoms with van der Waals surface area (Å²) in [6, 6.07) is 6.33. The van der Waals surface area contributed by atoms with Gasteiger partial charge in [-0.2, -0.15) is 0 Å². The van der Waals surface area contributed by atoms with Crippen LogP contribution in [-0.4, -0.2) is 29.5 Å². The second-order valence-corrected chi connectivity index (χ2v) is 4.16. The lowest BCUT2D eigenvalue weighted by atomic mass is 10.1. The molecule has 22 heavy (non-hydrogen) atoms. The number of aromatic carboxylic acids is 1. The Kier molecular flexibility index (Phi) is 4.20. The van der Waals surface area contributed by atoms with Crippen LogP contribution in [0.3, 0.4) is 0 Å². The van der Waals surface area contributed by atoms with Crippen LogP contribution in [0.25, 0.3) is 11.1 Å². The van der Waals surface area contributed by atoms with Crippen LogP contribution >= 0.6 is 0 Å². The monoisotopic (exact) mass is 313 g/mol. The Morgan fingerprint density at radius 3 is 2.32 bits per heavy atom. The molecule has 1 heterocycles. The Bertz CT molecular complexity index is 683. The topological polar surface area (TPSA) is 68.7 Å².